The van der Waals surface area contributed by atoms with Crippen molar-refractivity contribution in [1.29, 1.82) is 0 Å². The topological polar surface area (TPSA) is 133 Å². The molecule has 24 heavy (non-hydrogen) atoms. The van der Waals surface area contributed by atoms with E-state index in [2.05, 4.69) is 15.3 Å². The van der Waals surface area contributed by atoms with E-state index in [4.69, 9.17) is 9.47 Å². The van der Waals surface area contributed by atoms with Crippen LogP contribution in [0.1, 0.15) is 6.92 Å². The number of hydrogen-bond donors (Lipinski definition) is 4. The molecule has 0 bridgehead atoms. The molecular formula is C15H19N3O6. The molecule has 1 amide bonds. The van der Waals surface area contributed by atoms with Gasteiger partial charge in [0.25, 0.3) is 0 Å². The molecule has 9 heteroatoms. The summed E-state index contributed by atoms with van der Waals surface area (Å²) in [7, 11) is 0. The van der Waals surface area contributed by atoms with Gasteiger partial charge in [-0.25, -0.2) is 0 Å². The molecule has 4 N–H and O–H groups in total. The summed E-state index contributed by atoms with van der Waals surface area (Å²) < 4.78 is 11.2. The summed E-state index contributed by atoms with van der Waals surface area (Å²) in [5, 5.41) is 33.4. The van der Waals surface area contributed by atoms with E-state index in [-0.39, 0.29) is 0 Å². The smallest absolute Gasteiger partial charge is 0.223 e. The minimum absolute atomic E-state index is 0.366. The lowest BCUT2D eigenvalue weighted by molar-refractivity contribution is -0.244. The summed E-state index contributed by atoms with van der Waals surface area (Å²) >= 11 is 0. The highest BCUT2D eigenvalue weighted by Gasteiger charge is 2.46. The standard InChI is InChI=1S/C15H19N3O6/c1-7(20)18-12-14(22)13(21)11(5-19)24-15(12)23-8-2-3-9-10(4-8)17-6-16-9/h2-4,11-15,19,21-22H,5-6H2,1H3,(H,18,20)/t11?,12-,13?,14?,15?/m0/s1. The maximum atomic E-state index is 11.4. The van der Waals surface area contributed by atoms with Crippen LogP contribution in [0.15, 0.2) is 28.2 Å². The quantitative estimate of drug-likeness (QED) is 0.470. The molecular weight excluding hydrogens is 318 g/mol. The van der Waals surface area contributed by atoms with Gasteiger partial charge in [-0.15, -0.1) is 0 Å². The fraction of sp³-hybridized carbons (Fsp3) is 0.533. The van der Waals surface area contributed by atoms with Crippen LogP contribution >= 0.6 is 0 Å². The van der Waals surface area contributed by atoms with Gasteiger partial charge in [0.15, 0.2) is 0 Å². The Labute approximate surface area is 137 Å². The van der Waals surface area contributed by atoms with Crippen LogP contribution in [0.5, 0.6) is 5.75 Å². The van der Waals surface area contributed by atoms with Crippen molar-refractivity contribution in [2.75, 3.05) is 13.3 Å². The van der Waals surface area contributed by atoms with Crippen molar-refractivity contribution in [3.63, 3.8) is 0 Å². The average Bonchev–Trinajstić information content (AvgIpc) is 3.01. The SMILES string of the molecule is CC(=O)N[C@@H]1C(Oc2ccc3c(c2)=NCN=3)OC(CO)C(O)C1O. The first kappa shape index (κ1) is 16.8. The second-order valence-corrected chi connectivity index (χ2v) is 5.66. The molecule has 2 aliphatic rings. The van der Waals surface area contributed by atoms with Crippen molar-refractivity contribution in [2.45, 2.75) is 37.6 Å². The van der Waals surface area contributed by atoms with Crippen LogP contribution in [-0.2, 0) is 9.53 Å². The normalized spacial score (nSPS) is 31.6. The Morgan fingerprint density at radius 3 is 2.79 bits per heavy atom. The highest BCUT2D eigenvalue weighted by molar-refractivity contribution is 5.73. The molecule has 9 nitrogen and oxygen atoms in total. The summed E-state index contributed by atoms with van der Waals surface area (Å²) in [6, 6.07) is 4.09. The summed E-state index contributed by atoms with van der Waals surface area (Å²) in [5.41, 5.74) is 0. The Hall–Kier alpha value is -2.07. The van der Waals surface area contributed by atoms with Crippen molar-refractivity contribution in [3.05, 3.63) is 28.9 Å². The van der Waals surface area contributed by atoms with Crippen LogP contribution in [0.2, 0.25) is 0 Å². The Balaban J connectivity index is 1.84. The number of carbonyl (C=O) groups excluding carboxylic acids is 1. The fourth-order valence-corrected chi connectivity index (χ4v) is 2.73. The number of carbonyl (C=O) groups is 1. The molecule has 0 spiro atoms. The Morgan fingerprint density at radius 2 is 2.08 bits per heavy atom. The van der Waals surface area contributed by atoms with Gasteiger partial charge in [-0.2, -0.15) is 0 Å². The summed E-state index contributed by atoms with van der Waals surface area (Å²) in [5.74, 6) is 0.00360. The molecule has 0 aliphatic carbocycles. The average molecular weight is 337 g/mol. The van der Waals surface area contributed by atoms with Gasteiger partial charge in [0.1, 0.15) is 36.8 Å². The monoisotopic (exact) mass is 337 g/mol. The minimum atomic E-state index is -1.35. The lowest BCUT2D eigenvalue weighted by Gasteiger charge is -2.42. The first-order chi connectivity index (χ1) is 11.5. The maximum Gasteiger partial charge on any atom is 0.223 e. The van der Waals surface area contributed by atoms with Crippen LogP contribution in [0.3, 0.4) is 0 Å². The van der Waals surface area contributed by atoms with E-state index in [1.165, 1.54) is 6.92 Å². The van der Waals surface area contributed by atoms with E-state index in [0.717, 1.165) is 5.36 Å². The van der Waals surface area contributed by atoms with Gasteiger partial charge in [0.05, 0.1) is 17.3 Å². The zero-order chi connectivity index (χ0) is 17.3. The number of hydrogen-bond acceptors (Lipinski definition) is 8. The molecule has 4 unspecified atom stereocenters. The molecule has 3 rings (SSSR count). The third-order valence-corrected chi connectivity index (χ3v) is 3.93. The molecule has 2 heterocycles. The third kappa shape index (κ3) is 3.24. The van der Waals surface area contributed by atoms with Crippen LogP contribution < -0.4 is 20.8 Å². The van der Waals surface area contributed by atoms with E-state index >= 15 is 0 Å². The molecule has 1 saturated heterocycles. The predicted octanol–water partition coefficient (Wildman–Crippen LogP) is -2.78. The van der Waals surface area contributed by atoms with Crippen molar-refractivity contribution in [1.82, 2.24) is 5.32 Å². The molecule has 0 aromatic heterocycles. The van der Waals surface area contributed by atoms with Crippen molar-refractivity contribution >= 4 is 5.91 Å². The van der Waals surface area contributed by atoms with E-state index in [9.17, 15) is 20.1 Å². The number of ether oxygens (including phenoxy) is 2. The largest absolute Gasteiger partial charge is 0.462 e. The molecule has 0 radical (unpaired) electrons. The van der Waals surface area contributed by atoms with E-state index < -0.39 is 43.2 Å². The fourth-order valence-electron chi connectivity index (χ4n) is 2.73. The van der Waals surface area contributed by atoms with Gasteiger partial charge < -0.3 is 30.1 Å². The molecule has 130 valence electrons. The van der Waals surface area contributed by atoms with Crippen LogP contribution in [0, 0.1) is 0 Å². The van der Waals surface area contributed by atoms with Crippen LogP contribution in [0.25, 0.3) is 0 Å². The number of amides is 1. The second-order valence-electron chi connectivity index (χ2n) is 5.66. The van der Waals surface area contributed by atoms with Gasteiger partial charge in [0.2, 0.25) is 12.2 Å². The minimum Gasteiger partial charge on any atom is -0.462 e. The first-order valence-electron chi connectivity index (χ1n) is 7.55. The number of fused-ring (bicyclic) bond motifs is 1. The maximum absolute atomic E-state index is 11.4. The van der Waals surface area contributed by atoms with Crippen molar-refractivity contribution in [3.8, 4) is 5.75 Å². The highest BCUT2D eigenvalue weighted by atomic mass is 16.7. The highest BCUT2D eigenvalue weighted by Crippen LogP contribution is 2.23. The van der Waals surface area contributed by atoms with Gasteiger partial charge >= 0.3 is 0 Å². The zero-order valence-corrected chi connectivity index (χ0v) is 13.0. The van der Waals surface area contributed by atoms with E-state index in [1.54, 1.807) is 18.2 Å². The van der Waals surface area contributed by atoms with E-state index in [1.807, 2.05) is 0 Å². The lowest BCUT2D eigenvalue weighted by atomic mass is 9.97. The predicted molar refractivity (Wildman–Crippen MR) is 79.6 cm³/mol. The molecule has 1 aromatic carbocycles. The number of benzene rings is 1. The van der Waals surface area contributed by atoms with E-state index in [0.29, 0.717) is 17.8 Å². The molecule has 2 aliphatic heterocycles. The molecule has 0 saturated carbocycles. The number of nitrogens with zero attached hydrogens (tertiary/aromatic N) is 2. The molecule has 1 aromatic rings. The summed E-state index contributed by atoms with van der Waals surface area (Å²) in [6.45, 7) is 1.15. The third-order valence-electron chi connectivity index (χ3n) is 3.93. The van der Waals surface area contributed by atoms with Gasteiger partial charge in [-0.1, -0.05) is 0 Å². The molecule has 1 fully saturated rings. The number of rotatable bonds is 4. The number of aliphatic hydroxyl groups excluding tert-OH is 3. The number of nitrogens with one attached hydrogen (secondary N) is 1. The van der Waals surface area contributed by atoms with Crippen molar-refractivity contribution in [2.24, 2.45) is 9.98 Å². The van der Waals surface area contributed by atoms with Gasteiger partial charge in [-0.3, -0.25) is 14.8 Å². The van der Waals surface area contributed by atoms with Gasteiger partial charge in [0, 0.05) is 13.0 Å². The summed E-state index contributed by atoms with van der Waals surface area (Å²) in [6.07, 6.45) is -4.80. The first-order valence-corrected chi connectivity index (χ1v) is 7.55. The Kier molecular flexibility index (Phi) is 4.76. The Morgan fingerprint density at radius 1 is 1.33 bits per heavy atom. The summed E-state index contributed by atoms with van der Waals surface area (Å²) in [4.78, 5) is 19.7. The lowest BCUT2D eigenvalue weighted by Crippen LogP contribution is -2.65. The second kappa shape index (κ2) is 6.81. The van der Waals surface area contributed by atoms with Crippen molar-refractivity contribution < 1.29 is 29.6 Å². The zero-order valence-electron chi connectivity index (χ0n) is 13.0. The van der Waals surface area contributed by atoms with Crippen LogP contribution in [-0.4, -0.2) is 65.1 Å². The molecule has 5 atom stereocenters. The number of aliphatic hydroxyl groups is 3. The Bertz CT molecular complexity index is 739. The van der Waals surface area contributed by atoms with Gasteiger partial charge in [-0.05, 0) is 12.1 Å². The van der Waals surface area contributed by atoms with Crippen LogP contribution in [0.4, 0.5) is 0 Å².